The Bertz CT molecular complexity index is 568. The minimum absolute atomic E-state index is 0.0515. The van der Waals surface area contributed by atoms with E-state index >= 15 is 0 Å². The summed E-state index contributed by atoms with van der Waals surface area (Å²) in [6.07, 6.45) is 0.942. The third-order valence-corrected chi connectivity index (χ3v) is 2.12. The molecular weight excluding hydrogens is 238 g/mol. The van der Waals surface area contributed by atoms with Crippen molar-refractivity contribution >= 4 is 17.5 Å². The van der Waals surface area contributed by atoms with E-state index in [1.165, 1.54) is 6.07 Å². The Kier molecular flexibility index (Phi) is 4.05. The highest BCUT2D eigenvalue weighted by molar-refractivity contribution is 5.97. The molecule has 0 aliphatic carbocycles. The van der Waals surface area contributed by atoms with Crippen LogP contribution in [0, 0.1) is 11.3 Å². The maximum Gasteiger partial charge on any atom is 0.339 e. The maximum absolute atomic E-state index is 11.0. The van der Waals surface area contributed by atoms with Crippen LogP contribution < -0.4 is 0 Å². The van der Waals surface area contributed by atoms with Crippen LogP contribution in [0.5, 0.6) is 5.75 Å². The summed E-state index contributed by atoms with van der Waals surface area (Å²) in [5.41, 5.74) is -0.194. The Balaban J connectivity index is 3.29. The van der Waals surface area contributed by atoms with Crippen molar-refractivity contribution in [3.8, 4) is 11.8 Å². The fourth-order valence-corrected chi connectivity index (χ4v) is 1.23. The minimum Gasteiger partial charge on any atom is -0.507 e. The molecule has 0 unspecified atom stereocenters. The zero-order valence-electron chi connectivity index (χ0n) is 9.38. The van der Waals surface area contributed by atoms with Crippen LogP contribution in [-0.4, -0.2) is 29.3 Å². The Labute approximate surface area is 102 Å². The number of aromatic carboxylic acids is 1. The number of carboxylic acid groups (broad SMARTS) is 1. The average Bonchev–Trinajstić information content (AvgIpc) is 2.36. The van der Waals surface area contributed by atoms with Gasteiger partial charge in [-0.1, -0.05) is 0 Å². The van der Waals surface area contributed by atoms with Gasteiger partial charge in [0.2, 0.25) is 0 Å². The Morgan fingerprint density at radius 1 is 1.44 bits per heavy atom. The van der Waals surface area contributed by atoms with Crippen LogP contribution in [0.3, 0.4) is 0 Å². The van der Waals surface area contributed by atoms with E-state index in [9.17, 15) is 14.7 Å². The van der Waals surface area contributed by atoms with Crippen LogP contribution in [0.2, 0.25) is 0 Å². The highest BCUT2D eigenvalue weighted by Gasteiger charge is 2.12. The first-order valence-corrected chi connectivity index (χ1v) is 4.76. The van der Waals surface area contributed by atoms with Crippen LogP contribution >= 0.6 is 0 Å². The number of esters is 1. The molecule has 0 heterocycles. The zero-order valence-corrected chi connectivity index (χ0v) is 9.38. The van der Waals surface area contributed by atoms with Gasteiger partial charge in [0.25, 0.3) is 0 Å². The highest BCUT2D eigenvalue weighted by Crippen LogP contribution is 2.22. The Hall–Kier alpha value is -2.81. The first-order chi connectivity index (χ1) is 8.49. The first kappa shape index (κ1) is 13.3. The number of methoxy groups -OCH3 is 1. The summed E-state index contributed by atoms with van der Waals surface area (Å²) in [6.45, 7) is 0. The molecule has 0 atom stereocenters. The lowest BCUT2D eigenvalue weighted by molar-refractivity contribution is -0.134. The maximum atomic E-state index is 11.0. The number of phenols is 1. The number of ether oxygens (including phenoxy) is 1. The van der Waals surface area contributed by atoms with Crippen LogP contribution in [0.25, 0.3) is 5.57 Å². The van der Waals surface area contributed by atoms with Gasteiger partial charge in [0.15, 0.2) is 0 Å². The molecule has 92 valence electrons. The van der Waals surface area contributed by atoms with Gasteiger partial charge in [-0.05, 0) is 23.8 Å². The second-order valence-corrected chi connectivity index (χ2v) is 3.23. The third kappa shape index (κ3) is 2.86. The summed E-state index contributed by atoms with van der Waals surface area (Å²) in [5, 5.41) is 27.0. The molecule has 0 spiro atoms. The predicted molar refractivity (Wildman–Crippen MR) is 60.7 cm³/mol. The summed E-state index contributed by atoms with van der Waals surface area (Å²) in [6, 6.07) is 5.33. The molecule has 0 fully saturated rings. The molecule has 1 rings (SSSR count). The van der Waals surface area contributed by atoms with Crippen molar-refractivity contribution < 1.29 is 24.5 Å². The van der Waals surface area contributed by atoms with Crippen molar-refractivity contribution in [2.45, 2.75) is 0 Å². The molecule has 0 radical (unpaired) electrons. The van der Waals surface area contributed by atoms with Crippen molar-refractivity contribution in [2.24, 2.45) is 0 Å². The van der Waals surface area contributed by atoms with Crippen LogP contribution in [0.1, 0.15) is 15.9 Å². The number of aromatic hydroxyl groups is 1. The monoisotopic (exact) mass is 247 g/mol. The van der Waals surface area contributed by atoms with Gasteiger partial charge >= 0.3 is 11.9 Å². The van der Waals surface area contributed by atoms with Gasteiger partial charge in [0.05, 0.1) is 12.7 Å². The zero-order chi connectivity index (χ0) is 13.7. The van der Waals surface area contributed by atoms with E-state index in [1.807, 2.05) is 0 Å². The number of carboxylic acids is 1. The summed E-state index contributed by atoms with van der Waals surface area (Å²) >= 11 is 0. The van der Waals surface area contributed by atoms with E-state index in [2.05, 4.69) is 4.74 Å². The lowest BCUT2D eigenvalue weighted by Crippen LogP contribution is -2.00. The lowest BCUT2D eigenvalue weighted by Gasteiger charge is -2.03. The fourth-order valence-electron chi connectivity index (χ4n) is 1.23. The van der Waals surface area contributed by atoms with Gasteiger partial charge in [-0.2, -0.15) is 5.26 Å². The third-order valence-electron chi connectivity index (χ3n) is 2.12. The van der Waals surface area contributed by atoms with Gasteiger partial charge in [0.1, 0.15) is 17.4 Å². The number of nitrogens with zero attached hydrogens (tertiary/aromatic N) is 1. The molecule has 18 heavy (non-hydrogen) atoms. The molecule has 6 nitrogen and oxygen atoms in total. The van der Waals surface area contributed by atoms with Crippen molar-refractivity contribution in [1.29, 1.82) is 5.26 Å². The number of hydrogen-bond donors (Lipinski definition) is 2. The summed E-state index contributed by atoms with van der Waals surface area (Å²) in [7, 11) is 1.16. The molecule has 0 bridgehead atoms. The van der Waals surface area contributed by atoms with Gasteiger partial charge in [-0.3, -0.25) is 0 Å². The quantitative estimate of drug-likeness (QED) is 0.471. The SMILES string of the molecule is COC(=O)C=C(C#N)c1ccc(O)c(C(=O)O)c1. The average molecular weight is 247 g/mol. The van der Waals surface area contributed by atoms with Crippen molar-refractivity contribution in [2.75, 3.05) is 7.11 Å². The fraction of sp³-hybridized carbons (Fsp3) is 0.0833. The molecule has 0 saturated carbocycles. The lowest BCUT2D eigenvalue weighted by atomic mass is 10.0. The van der Waals surface area contributed by atoms with E-state index in [1.54, 1.807) is 6.07 Å². The number of hydrogen-bond acceptors (Lipinski definition) is 5. The van der Waals surface area contributed by atoms with Gasteiger partial charge in [-0.25, -0.2) is 9.59 Å². The van der Waals surface area contributed by atoms with Crippen LogP contribution in [0.15, 0.2) is 24.3 Å². The summed E-state index contributed by atoms with van der Waals surface area (Å²) in [4.78, 5) is 21.8. The highest BCUT2D eigenvalue weighted by atomic mass is 16.5. The molecule has 6 heteroatoms. The van der Waals surface area contributed by atoms with Gasteiger partial charge in [0, 0.05) is 6.08 Å². The number of rotatable bonds is 3. The molecule has 0 saturated heterocycles. The minimum atomic E-state index is -1.33. The molecule has 0 aliphatic rings. The predicted octanol–water partition coefficient (Wildman–Crippen LogP) is 1.17. The van der Waals surface area contributed by atoms with E-state index < -0.39 is 17.7 Å². The van der Waals surface area contributed by atoms with Crippen LogP contribution in [-0.2, 0) is 9.53 Å². The number of allylic oxidation sites excluding steroid dienone is 1. The van der Waals surface area contributed by atoms with Crippen molar-refractivity contribution in [3.05, 3.63) is 35.4 Å². The second-order valence-electron chi connectivity index (χ2n) is 3.23. The molecule has 1 aromatic carbocycles. The van der Waals surface area contributed by atoms with Crippen LogP contribution in [0.4, 0.5) is 0 Å². The largest absolute Gasteiger partial charge is 0.507 e. The molecule has 0 amide bonds. The van der Waals surface area contributed by atoms with Crippen molar-refractivity contribution in [1.82, 2.24) is 0 Å². The molecule has 0 aliphatic heterocycles. The number of carbonyl (C=O) groups excluding carboxylic acids is 1. The van der Waals surface area contributed by atoms with E-state index in [4.69, 9.17) is 10.4 Å². The second kappa shape index (κ2) is 5.50. The van der Waals surface area contributed by atoms with Gasteiger partial charge in [-0.15, -0.1) is 0 Å². The topological polar surface area (TPSA) is 108 Å². The number of nitriles is 1. The standard InChI is InChI=1S/C12H9NO5/c1-18-11(15)5-8(6-13)7-2-3-10(14)9(4-7)12(16)17/h2-5,14H,1H3,(H,16,17). The molecule has 2 N–H and O–H groups in total. The summed E-state index contributed by atoms with van der Waals surface area (Å²) < 4.78 is 4.37. The number of carbonyl (C=O) groups is 2. The van der Waals surface area contributed by atoms with Crippen molar-refractivity contribution in [3.63, 3.8) is 0 Å². The Morgan fingerprint density at radius 2 is 2.11 bits per heavy atom. The van der Waals surface area contributed by atoms with Gasteiger partial charge < -0.3 is 14.9 Å². The van der Waals surface area contributed by atoms with E-state index in [0.717, 1.165) is 25.3 Å². The molecular formula is C12H9NO5. The Morgan fingerprint density at radius 3 is 2.61 bits per heavy atom. The smallest absolute Gasteiger partial charge is 0.339 e. The molecule has 1 aromatic rings. The summed E-state index contributed by atoms with van der Waals surface area (Å²) in [5.74, 6) is -2.47. The van der Waals surface area contributed by atoms with E-state index in [-0.39, 0.29) is 16.7 Å². The first-order valence-electron chi connectivity index (χ1n) is 4.76. The normalized spacial score (nSPS) is 10.6. The van der Waals surface area contributed by atoms with E-state index in [0.29, 0.717) is 0 Å². The number of benzene rings is 1. The molecule has 0 aromatic heterocycles.